The summed E-state index contributed by atoms with van der Waals surface area (Å²) in [6.07, 6.45) is 9.47. The van der Waals surface area contributed by atoms with Crippen LogP contribution in [0, 0.1) is 44.8 Å². The number of benzene rings is 1. The van der Waals surface area contributed by atoms with Gasteiger partial charge in [-0.05, 0) is 105 Å². The van der Waals surface area contributed by atoms with Gasteiger partial charge in [0, 0.05) is 17.9 Å². The van der Waals surface area contributed by atoms with Gasteiger partial charge in [-0.3, -0.25) is 0 Å². The van der Waals surface area contributed by atoms with Gasteiger partial charge in [0.05, 0.1) is 42.0 Å². The number of rotatable bonds is 8. The van der Waals surface area contributed by atoms with Crippen LogP contribution in [0.4, 0.5) is 0 Å². The van der Waals surface area contributed by atoms with Crippen LogP contribution in [0.3, 0.4) is 0 Å². The zero-order chi connectivity index (χ0) is 32.8. The van der Waals surface area contributed by atoms with Gasteiger partial charge < -0.3 is 14.2 Å². The van der Waals surface area contributed by atoms with Crippen LogP contribution in [0.2, 0.25) is 0 Å². The first-order valence-corrected chi connectivity index (χ1v) is 19.0. The summed E-state index contributed by atoms with van der Waals surface area (Å²) >= 11 is 0. The Hall–Kier alpha value is -1.25. The Labute approximate surface area is 273 Å². The van der Waals surface area contributed by atoms with E-state index in [4.69, 9.17) is 14.2 Å². The lowest BCUT2D eigenvalue weighted by atomic mass is 9.37. The van der Waals surface area contributed by atoms with E-state index in [1.165, 1.54) is 19.3 Å². The van der Waals surface area contributed by atoms with Crippen LogP contribution in [0.25, 0.3) is 0 Å². The summed E-state index contributed by atoms with van der Waals surface area (Å²) < 4.78 is 49.3. The van der Waals surface area contributed by atoms with Gasteiger partial charge in [-0.25, -0.2) is 13.1 Å². The summed E-state index contributed by atoms with van der Waals surface area (Å²) in [5.74, 6) is 1.63. The highest BCUT2D eigenvalue weighted by molar-refractivity contribution is 7.89. The number of nitrogens with one attached hydrogen (secondary N) is 1. The molecule has 1 aromatic carbocycles. The first-order chi connectivity index (χ1) is 20.9. The van der Waals surface area contributed by atoms with Crippen LogP contribution in [-0.2, 0) is 24.2 Å². The maximum atomic E-state index is 13.2. The van der Waals surface area contributed by atoms with Gasteiger partial charge in [0.1, 0.15) is 0 Å². The number of hydrogen-bond acceptors (Lipinski definition) is 5. The fourth-order valence-corrected chi connectivity index (χ4v) is 13.1. The highest BCUT2D eigenvalue weighted by Crippen LogP contribution is 2.77. The van der Waals surface area contributed by atoms with E-state index >= 15 is 0 Å². The van der Waals surface area contributed by atoms with Crippen molar-refractivity contribution < 1.29 is 22.6 Å². The van der Waals surface area contributed by atoms with Crippen LogP contribution in [0.5, 0.6) is 0 Å². The Balaban J connectivity index is 1.31. The molecule has 0 aromatic heterocycles. The first kappa shape index (κ1) is 33.6. The predicted molar refractivity (Wildman–Crippen MR) is 179 cm³/mol. The number of allylic oxidation sites excluding steroid dienone is 1. The molecule has 4 aliphatic carbocycles. The largest absolute Gasteiger partial charge is 0.379 e. The van der Waals surface area contributed by atoms with Crippen molar-refractivity contribution in [1.82, 2.24) is 4.72 Å². The summed E-state index contributed by atoms with van der Waals surface area (Å²) in [7, 11) is -1.86. The normalized spacial score (nSPS) is 44.6. The summed E-state index contributed by atoms with van der Waals surface area (Å²) in [6.45, 7) is 22.0. The van der Waals surface area contributed by atoms with Crippen LogP contribution >= 0.6 is 0 Å². The molecule has 1 aromatic rings. The molecule has 3 saturated carbocycles. The maximum Gasteiger partial charge on any atom is 0.241 e. The molecular weight excluding hydrogens is 582 g/mol. The van der Waals surface area contributed by atoms with Gasteiger partial charge in [-0.2, -0.15) is 0 Å². The maximum absolute atomic E-state index is 13.2. The summed E-state index contributed by atoms with van der Waals surface area (Å²) in [5, 5.41) is 0. The lowest BCUT2D eigenvalue weighted by Gasteiger charge is -2.70. The number of ether oxygens (including phenoxy) is 3. The Morgan fingerprint density at radius 3 is 2.40 bits per heavy atom. The highest BCUT2D eigenvalue weighted by atomic mass is 32.2. The van der Waals surface area contributed by atoms with Gasteiger partial charge in [-0.15, -0.1) is 0 Å². The van der Waals surface area contributed by atoms with Crippen molar-refractivity contribution in [2.45, 2.75) is 130 Å². The summed E-state index contributed by atoms with van der Waals surface area (Å²) in [6, 6.07) is 8.55. The molecule has 45 heavy (non-hydrogen) atoms. The molecule has 0 spiro atoms. The van der Waals surface area contributed by atoms with Crippen molar-refractivity contribution in [3.8, 4) is 0 Å². The molecule has 6 rings (SSSR count). The predicted octanol–water partition coefficient (Wildman–Crippen LogP) is 7.78. The van der Waals surface area contributed by atoms with Gasteiger partial charge in [0.15, 0.2) is 0 Å². The van der Waals surface area contributed by atoms with Crippen molar-refractivity contribution in [3.63, 3.8) is 0 Å². The Morgan fingerprint density at radius 1 is 1.07 bits per heavy atom. The van der Waals surface area contributed by atoms with E-state index in [0.717, 1.165) is 19.3 Å². The highest BCUT2D eigenvalue weighted by Gasteiger charge is 2.72. The van der Waals surface area contributed by atoms with E-state index in [9.17, 15) is 8.42 Å². The van der Waals surface area contributed by atoms with Gasteiger partial charge in [-0.1, -0.05) is 71.4 Å². The molecule has 10 atom stereocenters. The van der Waals surface area contributed by atoms with E-state index in [1.807, 2.05) is 27.0 Å². The third-order valence-corrected chi connectivity index (χ3v) is 16.5. The van der Waals surface area contributed by atoms with E-state index in [-0.39, 0.29) is 51.5 Å². The molecule has 1 N–H and O–H groups in total. The topological polar surface area (TPSA) is 73.9 Å². The molecule has 1 saturated heterocycles. The average Bonchev–Trinajstić information content (AvgIpc) is 3.21. The second kappa shape index (κ2) is 10.9. The molecule has 1 heterocycles. The smallest absolute Gasteiger partial charge is 0.241 e. The zero-order valence-corrected chi connectivity index (χ0v) is 30.4. The molecule has 252 valence electrons. The van der Waals surface area contributed by atoms with Crippen LogP contribution in [0.1, 0.15) is 101 Å². The molecular formula is C38H59NO5S. The minimum absolute atomic E-state index is 0.0813. The van der Waals surface area contributed by atoms with E-state index in [1.54, 1.807) is 29.8 Å². The summed E-state index contributed by atoms with van der Waals surface area (Å²) in [5.41, 5.74) is 1.37. The molecule has 1 aliphatic heterocycles. The standard InChI is InChI=1S/C38H59NO5S/c1-25(2)35(7)20-21-36(8)28-16-17-31-34(6)24-43-26(3)38(31,29(28)18-19-37(35,36)9)22-30(42-10)32(34)44-23-33(4,5)39-45(40,41)27-14-12-11-13-15-27/h11-15,18,25-26,28,30-32,39H,16-17,19-24H2,1-10H3/t26-,28-,30+,31-,32-,34+,35?,36+,37-,38-/m0/s1. The van der Waals surface area contributed by atoms with Crippen molar-refractivity contribution >= 4 is 10.0 Å². The Bertz CT molecular complexity index is 1420. The van der Waals surface area contributed by atoms with E-state index in [0.29, 0.717) is 29.8 Å². The number of fused-ring (bicyclic) bond motifs is 3. The van der Waals surface area contributed by atoms with Crippen LogP contribution in [-0.4, -0.2) is 52.6 Å². The third kappa shape index (κ3) is 4.64. The monoisotopic (exact) mass is 641 g/mol. The van der Waals surface area contributed by atoms with Crippen molar-refractivity contribution in [1.29, 1.82) is 0 Å². The quantitative estimate of drug-likeness (QED) is 0.294. The van der Waals surface area contributed by atoms with Crippen molar-refractivity contribution in [2.24, 2.45) is 44.8 Å². The Kier molecular flexibility index (Phi) is 8.14. The van der Waals surface area contributed by atoms with Gasteiger partial charge in [0.25, 0.3) is 0 Å². The lowest BCUT2D eigenvalue weighted by molar-refractivity contribution is -0.285. The molecule has 6 nitrogen and oxygen atoms in total. The number of methoxy groups -OCH3 is 1. The third-order valence-electron chi connectivity index (χ3n) is 14.8. The van der Waals surface area contributed by atoms with E-state index in [2.05, 4.69) is 59.3 Å². The van der Waals surface area contributed by atoms with Gasteiger partial charge in [0.2, 0.25) is 10.0 Å². The van der Waals surface area contributed by atoms with Crippen molar-refractivity contribution in [3.05, 3.63) is 42.0 Å². The molecule has 4 fully saturated rings. The molecule has 7 heteroatoms. The lowest BCUT2D eigenvalue weighted by Crippen LogP contribution is -2.71. The Morgan fingerprint density at radius 2 is 1.76 bits per heavy atom. The van der Waals surface area contributed by atoms with Crippen molar-refractivity contribution in [2.75, 3.05) is 20.3 Å². The second-order valence-corrected chi connectivity index (χ2v) is 19.1. The minimum atomic E-state index is -3.69. The zero-order valence-electron chi connectivity index (χ0n) is 29.5. The molecule has 5 aliphatic rings. The molecule has 0 amide bonds. The number of sulfonamides is 1. The minimum Gasteiger partial charge on any atom is -0.379 e. The molecule has 2 bridgehead atoms. The molecule has 0 radical (unpaired) electrons. The number of hydrogen-bond donors (Lipinski definition) is 1. The average molecular weight is 642 g/mol. The fourth-order valence-electron chi connectivity index (χ4n) is 11.7. The van der Waals surface area contributed by atoms with Gasteiger partial charge >= 0.3 is 0 Å². The SMILES string of the molecule is CO[C@@H]1C[C@]23C4=CC[C@@]5(C)C(C)(C(C)C)CC[C@]5(C)[C@H]4CC[C@H]2[C@@](C)(CO[C@H]3C)[C@H]1OCC(C)(C)NS(=O)(=O)c1ccccc1. The summed E-state index contributed by atoms with van der Waals surface area (Å²) in [4.78, 5) is 0.259. The fraction of sp³-hybridized carbons (Fsp3) is 0.789. The van der Waals surface area contributed by atoms with E-state index < -0.39 is 15.6 Å². The van der Waals surface area contributed by atoms with Crippen LogP contribution in [0.15, 0.2) is 46.9 Å². The molecule has 1 unspecified atom stereocenters. The first-order valence-electron chi connectivity index (χ1n) is 17.5. The second-order valence-electron chi connectivity index (χ2n) is 17.4. The van der Waals surface area contributed by atoms with Crippen LogP contribution < -0.4 is 4.72 Å².